The van der Waals surface area contributed by atoms with Gasteiger partial charge in [-0.3, -0.25) is 9.78 Å². The number of imidazole rings is 1. The van der Waals surface area contributed by atoms with Gasteiger partial charge in [0.15, 0.2) is 0 Å². The molecule has 4 heterocycles. The topological polar surface area (TPSA) is 75.9 Å². The fraction of sp³-hybridized carbons (Fsp3) is 0.200. The van der Waals surface area contributed by atoms with Crippen molar-refractivity contribution in [1.82, 2.24) is 24.4 Å². The monoisotopic (exact) mass is 424 g/mol. The van der Waals surface area contributed by atoms with Gasteiger partial charge in [-0.15, -0.1) is 0 Å². The van der Waals surface area contributed by atoms with E-state index < -0.39 is 0 Å². The number of hydrogen-bond acceptors (Lipinski definition) is 5. The van der Waals surface area contributed by atoms with E-state index >= 15 is 0 Å². The lowest BCUT2D eigenvalue weighted by molar-refractivity contribution is 0.102. The minimum Gasteiger partial charge on any atom is -0.334 e. The van der Waals surface area contributed by atoms with Crippen LogP contribution >= 0.6 is 0 Å². The van der Waals surface area contributed by atoms with Crippen molar-refractivity contribution in [2.75, 3.05) is 25.5 Å². The number of amides is 1. The molecule has 0 radical (unpaired) electrons. The second kappa shape index (κ2) is 8.36. The van der Waals surface area contributed by atoms with E-state index in [1.165, 1.54) is 5.57 Å². The van der Waals surface area contributed by atoms with Crippen molar-refractivity contribution in [2.24, 2.45) is 7.05 Å². The molecule has 0 bridgehead atoms. The van der Waals surface area contributed by atoms with E-state index in [4.69, 9.17) is 0 Å². The SMILES string of the molecule is CN1CC=C(c2cc(C(=O)Nc3cc4cc(-c5cncn5C)ccc4cn3)ccn2)CC1. The van der Waals surface area contributed by atoms with Crippen molar-refractivity contribution in [3.8, 4) is 11.3 Å². The molecular weight excluding hydrogens is 400 g/mol. The Balaban J connectivity index is 1.39. The predicted octanol–water partition coefficient (Wildman–Crippen LogP) is 4.00. The summed E-state index contributed by atoms with van der Waals surface area (Å²) >= 11 is 0. The number of anilines is 1. The molecule has 0 saturated heterocycles. The van der Waals surface area contributed by atoms with E-state index in [-0.39, 0.29) is 5.91 Å². The maximum atomic E-state index is 12.9. The van der Waals surface area contributed by atoms with Crippen LogP contribution < -0.4 is 5.32 Å². The average molecular weight is 425 g/mol. The summed E-state index contributed by atoms with van der Waals surface area (Å²) in [5, 5.41) is 4.94. The highest BCUT2D eigenvalue weighted by atomic mass is 16.1. The Morgan fingerprint density at radius 1 is 1.03 bits per heavy atom. The van der Waals surface area contributed by atoms with Gasteiger partial charge in [-0.05, 0) is 48.7 Å². The molecule has 0 unspecified atom stereocenters. The summed E-state index contributed by atoms with van der Waals surface area (Å²) in [6.07, 6.45) is 10.2. The number of likely N-dealkylation sites (N-methyl/N-ethyl adjacent to an activating group) is 1. The molecule has 1 amide bonds. The van der Waals surface area contributed by atoms with E-state index in [0.29, 0.717) is 11.4 Å². The number of pyridine rings is 2. The van der Waals surface area contributed by atoms with Gasteiger partial charge in [0.05, 0.1) is 23.9 Å². The number of fused-ring (bicyclic) bond motifs is 1. The molecule has 3 aromatic heterocycles. The Morgan fingerprint density at radius 2 is 1.94 bits per heavy atom. The van der Waals surface area contributed by atoms with Gasteiger partial charge in [0, 0.05) is 49.0 Å². The van der Waals surface area contributed by atoms with Gasteiger partial charge < -0.3 is 14.8 Å². The van der Waals surface area contributed by atoms with Crippen molar-refractivity contribution in [1.29, 1.82) is 0 Å². The Bertz CT molecular complexity index is 1340. The highest BCUT2D eigenvalue weighted by molar-refractivity contribution is 6.05. The standard InChI is InChI=1S/C25H24N6O/c1-30-9-6-17(7-10-30)22-12-19(5-8-27-22)25(32)29-24-13-21-11-18(3-4-20(21)14-28-24)23-15-26-16-31(23)2/h3-6,8,11-16H,7,9-10H2,1-2H3,(H,28,29,32). The molecule has 7 heteroatoms. The van der Waals surface area contributed by atoms with Crippen LogP contribution in [0.3, 0.4) is 0 Å². The molecule has 0 saturated carbocycles. The lowest BCUT2D eigenvalue weighted by Crippen LogP contribution is -2.24. The number of carbonyl (C=O) groups is 1. The molecule has 7 nitrogen and oxygen atoms in total. The van der Waals surface area contributed by atoms with Gasteiger partial charge in [0.1, 0.15) is 5.82 Å². The van der Waals surface area contributed by atoms with E-state index in [9.17, 15) is 4.79 Å². The molecule has 1 aliphatic rings. The zero-order valence-corrected chi connectivity index (χ0v) is 18.1. The molecule has 1 aliphatic heterocycles. The third-order valence-corrected chi connectivity index (χ3v) is 5.84. The van der Waals surface area contributed by atoms with E-state index in [2.05, 4.69) is 50.4 Å². The highest BCUT2D eigenvalue weighted by Crippen LogP contribution is 2.25. The number of aromatic nitrogens is 4. The molecule has 5 rings (SSSR count). The van der Waals surface area contributed by atoms with E-state index in [1.54, 1.807) is 24.8 Å². The predicted molar refractivity (Wildman–Crippen MR) is 126 cm³/mol. The zero-order chi connectivity index (χ0) is 22.1. The van der Waals surface area contributed by atoms with Crippen LogP contribution in [0.15, 0.2) is 67.4 Å². The number of hydrogen-bond donors (Lipinski definition) is 1. The third kappa shape index (κ3) is 4.02. The fourth-order valence-corrected chi connectivity index (χ4v) is 3.94. The quantitative estimate of drug-likeness (QED) is 0.536. The van der Waals surface area contributed by atoms with E-state index in [0.717, 1.165) is 47.2 Å². The maximum Gasteiger partial charge on any atom is 0.256 e. The molecule has 32 heavy (non-hydrogen) atoms. The fourth-order valence-electron chi connectivity index (χ4n) is 3.94. The van der Waals surface area contributed by atoms with Crippen LogP contribution in [0.1, 0.15) is 22.5 Å². The average Bonchev–Trinajstić information content (AvgIpc) is 3.25. The van der Waals surface area contributed by atoms with Gasteiger partial charge in [-0.25, -0.2) is 9.97 Å². The van der Waals surface area contributed by atoms with Crippen LogP contribution in [0, 0.1) is 0 Å². The van der Waals surface area contributed by atoms with Gasteiger partial charge in [0.25, 0.3) is 5.91 Å². The number of rotatable bonds is 4. The summed E-state index contributed by atoms with van der Waals surface area (Å²) < 4.78 is 1.98. The number of nitrogens with zero attached hydrogens (tertiary/aromatic N) is 5. The smallest absolute Gasteiger partial charge is 0.256 e. The van der Waals surface area contributed by atoms with Gasteiger partial charge in [-0.1, -0.05) is 18.2 Å². The number of aryl methyl sites for hydroxylation is 1. The van der Waals surface area contributed by atoms with Crippen molar-refractivity contribution >= 4 is 28.1 Å². The minimum absolute atomic E-state index is 0.197. The molecule has 160 valence electrons. The first-order chi connectivity index (χ1) is 15.6. The van der Waals surface area contributed by atoms with Crippen LogP contribution in [0.4, 0.5) is 5.82 Å². The van der Waals surface area contributed by atoms with Crippen LogP contribution in [0.25, 0.3) is 27.6 Å². The number of benzene rings is 1. The molecule has 1 N–H and O–H groups in total. The lowest BCUT2D eigenvalue weighted by atomic mass is 10.0. The Kier molecular flexibility index (Phi) is 5.25. The first-order valence-corrected chi connectivity index (χ1v) is 10.6. The lowest BCUT2D eigenvalue weighted by Gasteiger charge is -2.21. The Morgan fingerprint density at radius 3 is 2.72 bits per heavy atom. The summed E-state index contributed by atoms with van der Waals surface area (Å²) in [7, 11) is 4.07. The first kappa shape index (κ1) is 20.1. The van der Waals surface area contributed by atoms with Crippen molar-refractivity contribution < 1.29 is 4.79 Å². The van der Waals surface area contributed by atoms with Crippen LogP contribution in [0.2, 0.25) is 0 Å². The second-order valence-corrected chi connectivity index (χ2v) is 8.15. The molecule has 0 fully saturated rings. The van der Waals surface area contributed by atoms with Crippen LogP contribution in [-0.4, -0.2) is 50.5 Å². The van der Waals surface area contributed by atoms with Crippen molar-refractivity contribution in [2.45, 2.75) is 6.42 Å². The summed E-state index contributed by atoms with van der Waals surface area (Å²) in [4.78, 5) is 28.3. The molecule has 0 spiro atoms. The normalized spacial score (nSPS) is 14.4. The maximum absolute atomic E-state index is 12.9. The molecular formula is C25H24N6O. The van der Waals surface area contributed by atoms with Crippen LogP contribution in [-0.2, 0) is 7.05 Å². The molecule has 0 atom stereocenters. The van der Waals surface area contributed by atoms with Crippen LogP contribution in [0.5, 0.6) is 0 Å². The summed E-state index contributed by atoms with van der Waals surface area (Å²) in [5.74, 6) is 0.318. The molecule has 1 aromatic carbocycles. The third-order valence-electron chi connectivity index (χ3n) is 5.84. The first-order valence-electron chi connectivity index (χ1n) is 10.6. The summed E-state index contributed by atoms with van der Waals surface area (Å²) in [6, 6.07) is 11.6. The van der Waals surface area contributed by atoms with Gasteiger partial charge in [0.2, 0.25) is 0 Å². The minimum atomic E-state index is -0.197. The molecule has 4 aromatic rings. The zero-order valence-electron chi connectivity index (χ0n) is 18.1. The summed E-state index contributed by atoms with van der Waals surface area (Å²) in [5.41, 5.74) is 4.70. The highest BCUT2D eigenvalue weighted by Gasteiger charge is 2.14. The van der Waals surface area contributed by atoms with Gasteiger partial charge in [-0.2, -0.15) is 0 Å². The largest absolute Gasteiger partial charge is 0.334 e. The number of nitrogens with one attached hydrogen (secondary N) is 1. The summed E-state index contributed by atoms with van der Waals surface area (Å²) in [6.45, 7) is 1.89. The molecule has 0 aliphatic carbocycles. The Labute approximate surface area is 186 Å². The second-order valence-electron chi connectivity index (χ2n) is 8.15. The number of carbonyl (C=O) groups excluding carboxylic acids is 1. The Hall–Kier alpha value is -3.84. The van der Waals surface area contributed by atoms with Gasteiger partial charge >= 0.3 is 0 Å². The van der Waals surface area contributed by atoms with Crippen molar-refractivity contribution in [3.63, 3.8) is 0 Å². The van der Waals surface area contributed by atoms with E-state index in [1.807, 2.05) is 36.0 Å². The van der Waals surface area contributed by atoms with Crippen molar-refractivity contribution in [3.05, 3.63) is 78.6 Å².